The number of hydrogen-bond donors (Lipinski definition) is 2. The summed E-state index contributed by atoms with van der Waals surface area (Å²) in [4.78, 5) is 20.0. The number of aliphatic carboxylic acids is 1. The van der Waals surface area contributed by atoms with Crippen LogP contribution in [0.2, 0.25) is 0 Å². The molecule has 4 nitrogen and oxygen atoms in total. The Morgan fingerprint density at radius 3 is 1.64 bits per heavy atom. The van der Waals surface area contributed by atoms with Gasteiger partial charge in [-0.2, -0.15) is 0 Å². The minimum absolute atomic E-state index is 0.202. The molecule has 0 aliphatic carbocycles. The molecule has 0 atom stereocenters. The van der Waals surface area contributed by atoms with Crippen LogP contribution in [0.5, 0.6) is 0 Å². The van der Waals surface area contributed by atoms with Gasteiger partial charge in [0.05, 0.1) is 6.54 Å². The molecule has 0 fully saturated rings. The van der Waals surface area contributed by atoms with Gasteiger partial charge in [0.1, 0.15) is 5.78 Å². The highest BCUT2D eigenvalue weighted by Gasteiger charge is 1.97. The van der Waals surface area contributed by atoms with Gasteiger partial charge in [0.15, 0.2) is 0 Å². The highest BCUT2D eigenvalue weighted by Crippen LogP contribution is 2.09. The third-order valence-corrected chi connectivity index (χ3v) is 3.95. The fraction of sp³-hybridized carbons (Fsp3) is 0.810. The van der Waals surface area contributed by atoms with Crippen LogP contribution in [0.3, 0.4) is 0 Å². The smallest absolute Gasteiger partial charge is 0.300 e. The first-order chi connectivity index (χ1) is 12.0. The van der Waals surface area contributed by atoms with Crippen LogP contribution in [0, 0.1) is 0 Å². The Hall–Kier alpha value is -1.16. The number of carbonyl (C=O) groups is 2. The predicted molar refractivity (Wildman–Crippen MR) is 107 cm³/mol. The molecule has 0 saturated carbocycles. The molecular formula is C21H41NO3. The van der Waals surface area contributed by atoms with E-state index in [1.54, 1.807) is 0 Å². The lowest BCUT2D eigenvalue weighted by molar-refractivity contribution is -0.134. The van der Waals surface area contributed by atoms with Crippen molar-refractivity contribution in [2.45, 2.75) is 104 Å². The van der Waals surface area contributed by atoms with Gasteiger partial charge in [0.2, 0.25) is 0 Å². The van der Waals surface area contributed by atoms with Gasteiger partial charge in [-0.25, -0.2) is 0 Å². The average Bonchev–Trinajstić information content (AvgIpc) is 2.57. The third-order valence-electron chi connectivity index (χ3n) is 3.95. The van der Waals surface area contributed by atoms with Crippen LogP contribution in [0.4, 0.5) is 0 Å². The standard InChI is InChI=1S/C19H37NO.C2H4O2/c1-2-3-4-5-6-7-8-9-10-11-12-13-14-15-16-17-19(21)18-20;1-2(3)4/h9-10H,2-8,11-18,20H2,1H3;1H3,(H,3,4). The molecule has 0 bridgehead atoms. The number of nitrogens with two attached hydrogens (primary N) is 1. The van der Waals surface area contributed by atoms with Crippen molar-refractivity contribution in [1.29, 1.82) is 0 Å². The minimum Gasteiger partial charge on any atom is -0.481 e. The SMILES string of the molecule is CC(=O)O.CCCCCCCCC=CCCCCCCCC(=O)CN. The topological polar surface area (TPSA) is 80.4 Å². The second kappa shape index (κ2) is 22.8. The predicted octanol–water partition coefficient (Wildman–Crippen LogP) is 5.64. The van der Waals surface area contributed by atoms with Crippen LogP contribution in [-0.2, 0) is 9.59 Å². The Bertz CT molecular complexity index is 323. The van der Waals surface area contributed by atoms with Crippen molar-refractivity contribution < 1.29 is 14.7 Å². The van der Waals surface area contributed by atoms with Gasteiger partial charge in [-0.3, -0.25) is 9.59 Å². The molecule has 0 aromatic heterocycles. The molecule has 4 heteroatoms. The number of hydrogen-bond acceptors (Lipinski definition) is 3. The van der Waals surface area contributed by atoms with Crippen LogP contribution >= 0.6 is 0 Å². The minimum atomic E-state index is -0.833. The summed E-state index contributed by atoms with van der Waals surface area (Å²) in [5.74, 6) is -0.632. The second-order valence-corrected chi connectivity index (χ2v) is 6.60. The van der Waals surface area contributed by atoms with Crippen molar-refractivity contribution in [2.75, 3.05) is 6.54 Å². The first-order valence-corrected chi connectivity index (χ1v) is 10.1. The van der Waals surface area contributed by atoms with Gasteiger partial charge in [0.25, 0.3) is 5.97 Å². The van der Waals surface area contributed by atoms with E-state index < -0.39 is 5.97 Å². The molecule has 0 amide bonds. The van der Waals surface area contributed by atoms with Crippen molar-refractivity contribution in [1.82, 2.24) is 0 Å². The fourth-order valence-corrected chi connectivity index (χ4v) is 2.49. The number of unbranched alkanes of at least 4 members (excludes halogenated alkanes) is 11. The van der Waals surface area contributed by atoms with Crippen molar-refractivity contribution >= 4 is 11.8 Å². The van der Waals surface area contributed by atoms with Gasteiger partial charge in [-0.1, -0.05) is 70.4 Å². The Balaban J connectivity index is 0. The number of carboxylic acids is 1. The normalized spacial score (nSPS) is 10.5. The Morgan fingerprint density at radius 2 is 1.20 bits per heavy atom. The van der Waals surface area contributed by atoms with E-state index in [-0.39, 0.29) is 12.3 Å². The van der Waals surface area contributed by atoms with E-state index in [2.05, 4.69) is 19.1 Å². The second-order valence-electron chi connectivity index (χ2n) is 6.60. The monoisotopic (exact) mass is 355 g/mol. The number of carboxylic acid groups (broad SMARTS) is 1. The van der Waals surface area contributed by atoms with Gasteiger partial charge < -0.3 is 10.8 Å². The van der Waals surface area contributed by atoms with Crippen LogP contribution in [-0.4, -0.2) is 23.4 Å². The van der Waals surface area contributed by atoms with E-state index in [1.807, 2.05) is 0 Å². The van der Waals surface area contributed by atoms with Crippen molar-refractivity contribution in [2.24, 2.45) is 5.73 Å². The molecule has 0 aromatic rings. The Morgan fingerprint density at radius 1 is 0.800 bits per heavy atom. The van der Waals surface area contributed by atoms with E-state index in [1.165, 1.54) is 77.0 Å². The molecule has 0 spiro atoms. The van der Waals surface area contributed by atoms with Gasteiger partial charge in [-0.05, 0) is 32.1 Å². The zero-order valence-electron chi connectivity index (χ0n) is 16.6. The molecule has 0 aliphatic rings. The molecule has 0 saturated heterocycles. The molecule has 0 unspecified atom stereocenters. The summed E-state index contributed by atoms with van der Waals surface area (Å²) in [6.07, 6.45) is 22.2. The van der Waals surface area contributed by atoms with E-state index >= 15 is 0 Å². The van der Waals surface area contributed by atoms with E-state index in [9.17, 15) is 4.79 Å². The van der Waals surface area contributed by atoms with Crippen LogP contribution < -0.4 is 5.73 Å². The first kappa shape index (κ1) is 26.1. The number of carbonyl (C=O) groups excluding carboxylic acids is 1. The molecule has 0 rings (SSSR count). The summed E-state index contributed by atoms with van der Waals surface area (Å²) >= 11 is 0. The lowest BCUT2D eigenvalue weighted by Crippen LogP contribution is -2.12. The zero-order valence-corrected chi connectivity index (χ0v) is 16.6. The maximum absolute atomic E-state index is 11.0. The molecule has 148 valence electrons. The lowest BCUT2D eigenvalue weighted by Gasteiger charge is -2.00. The summed E-state index contributed by atoms with van der Waals surface area (Å²) in [6.45, 7) is 3.56. The lowest BCUT2D eigenvalue weighted by atomic mass is 10.1. The highest BCUT2D eigenvalue weighted by molar-refractivity contribution is 5.80. The van der Waals surface area contributed by atoms with E-state index in [0.717, 1.165) is 13.3 Å². The molecule has 0 aromatic carbocycles. The first-order valence-electron chi connectivity index (χ1n) is 10.1. The molecule has 0 radical (unpaired) electrons. The number of rotatable bonds is 16. The highest BCUT2D eigenvalue weighted by atomic mass is 16.4. The Labute approximate surface area is 155 Å². The quantitative estimate of drug-likeness (QED) is 0.277. The van der Waals surface area contributed by atoms with Crippen molar-refractivity contribution in [3.8, 4) is 0 Å². The maximum Gasteiger partial charge on any atom is 0.300 e. The zero-order chi connectivity index (χ0) is 19.2. The number of Topliss-reactive ketones (excluding diaryl/α,β-unsaturated/α-hetero) is 1. The van der Waals surface area contributed by atoms with Crippen molar-refractivity contribution in [3.05, 3.63) is 12.2 Å². The van der Waals surface area contributed by atoms with Gasteiger partial charge in [0, 0.05) is 13.3 Å². The van der Waals surface area contributed by atoms with Gasteiger partial charge in [-0.15, -0.1) is 0 Å². The van der Waals surface area contributed by atoms with E-state index in [4.69, 9.17) is 15.6 Å². The summed E-state index contributed by atoms with van der Waals surface area (Å²) in [5.41, 5.74) is 5.28. The molecule has 0 heterocycles. The van der Waals surface area contributed by atoms with Crippen molar-refractivity contribution in [3.63, 3.8) is 0 Å². The summed E-state index contributed by atoms with van der Waals surface area (Å²) in [5, 5.41) is 7.42. The molecular weight excluding hydrogens is 314 g/mol. The van der Waals surface area contributed by atoms with Crippen LogP contribution in [0.15, 0.2) is 12.2 Å². The van der Waals surface area contributed by atoms with E-state index in [0.29, 0.717) is 6.42 Å². The number of allylic oxidation sites excluding steroid dienone is 2. The number of ketones is 1. The van der Waals surface area contributed by atoms with Crippen LogP contribution in [0.25, 0.3) is 0 Å². The third kappa shape index (κ3) is 31.2. The summed E-state index contributed by atoms with van der Waals surface area (Å²) < 4.78 is 0. The maximum atomic E-state index is 11.0. The molecule has 25 heavy (non-hydrogen) atoms. The Kier molecular flexibility index (Phi) is 23.8. The summed E-state index contributed by atoms with van der Waals surface area (Å²) in [7, 11) is 0. The molecule has 3 N–H and O–H groups in total. The van der Waals surface area contributed by atoms with Crippen LogP contribution in [0.1, 0.15) is 104 Å². The summed E-state index contributed by atoms with van der Waals surface area (Å²) in [6, 6.07) is 0. The average molecular weight is 356 g/mol. The fourth-order valence-electron chi connectivity index (χ4n) is 2.49. The molecule has 0 aliphatic heterocycles. The van der Waals surface area contributed by atoms with Gasteiger partial charge >= 0.3 is 0 Å². The largest absolute Gasteiger partial charge is 0.481 e.